The Hall–Kier alpha value is -1.03. The van der Waals surface area contributed by atoms with Crippen LogP contribution in [0.2, 0.25) is 0 Å². The van der Waals surface area contributed by atoms with Gasteiger partial charge in [0, 0.05) is 0 Å². The van der Waals surface area contributed by atoms with Crippen molar-refractivity contribution >= 4 is 0 Å². The van der Waals surface area contributed by atoms with E-state index in [-0.39, 0.29) is 11.0 Å². The van der Waals surface area contributed by atoms with E-state index in [0.29, 0.717) is 5.56 Å². The number of aryl methyl sites for hydroxylation is 1. The van der Waals surface area contributed by atoms with Crippen molar-refractivity contribution in [3.63, 3.8) is 0 Å². The van der Waals surface area contributed by atoms with Crippen LogP contribution in [-0.2, 0) is 5.41 Å². The Morgan fingerprint density at radius 1 is 1.11 bits per heavy atom. The molecule has 0 aliphatic heterocycles. The maximum Gasteiger partial charge on any atom is 0.407 e. The van der Waals surface area contributed by atoms with E-state index in [1.807, 2.05) is 26.8 Å². The summed E-state index contributed by atoms with van der Waals surface area (Å²) in [6, 6.07) is 3.58. The van der Waals surface area contributed by atoms with Gasteiger partial charge in [0.15, 0.2) is 0 Å². The Bertz CT molecular complexity index is 416. The first kappa shape index (κ1) is 15.0. The molecule has 1 aromatic carbocycles. The van der Waals surface area contributed by atoms with Gasteiger partial charge in [-0.3, -0.25) is 0 Å². The third-order valence-corrected chi connectivity index (χ3v) is 3.06. The second-order valence-corrected chi connectivity index (χ2v) is 5.58. The van der Waals surface area contributed by atoms with Gasteiger partial charge in [0.2, 0.25) is 0 Å². The molecule has 1 rings (SSSR count). The molecule has 0 aromatic heterocycles. The van der Waals surface area contributed by atoms with Crippen LogP contribution in [0.4, 0.5) is 13.2 Å². The molecule has 1 aromatic rings. The zero-order valence-electron chi connectivity index (χ0n) is 11.4. The molecule has 0 bridgehead atoms. The maximum atomic E-state index is 12.9. The highest BCUT2D eigenvalue weighted by atomic mass is 19.4. The summed E-state index contributed by atoms with van der Waals surface area (Å²) in [6.45, 7) is 7.85. The summed E-state index contributed by atoms with van der Waals surface area (Å²) in [7, 11) is 1.33. The smallest absolute Gasteiger partial charge is 0.306 e. The van der Waals surface area contributed by atoms with E-state index in [4.69, 9.17) is 0 Å². The number of rotatable bonds is 2. The van der Waals surface area contributed by atoms with Gasteiger partial charge in [-0.25, -0.2) is 0 Å². The number of hydrogen-bond acceptors (Lipinski definition) is 1. The average Bonchev–Trinajstić information content (AvgIpc) is 2.17. The number of benzene rings is 1. The van der Waals surface area contributed by atoms with Crippen molar-refractivity contribution in [2.45, 2.75) is 45.3 Å². The van der Waals surface area contributed by atoms with Crippen molar-refractivity contribution in [1.82, 2.24) is 5.32 Å². The molecule has 0 spiro atoms. The Kier molecular flexibility index (Phi) is 4.11. The Morgan fingerprint density at radius 3 is 2.00 bits per heavy atom. The van der Waals surface area contributed by atoms with E-state index in [1.165, 1.54) is 7.05 Å². The lowest BCUT2D eigenvalue weighted by atomic mass is 9.84. The predicted octanol–water partition coefficient (Wildman–Crippen LogP) is 4.12. The third kappa shape index (κ3) is 3.25. The van der Waals surface area contributed by atoms with Crippen molar-refractivity contribution in [2.75, 3.05) is 7.05 Å². The standard InChI is InChI=1S/C14H20F3N/c1-9-8-10(13(2,3)4)6-7-11(9)12(18-5)14(15,16)17/h6-8,12,18H,1-5H3. The average molecular weight is 259 g/mol. The van der Waals surface area contributed by atoms with Crippen LogP contribution in [0.5, 0.6) is 0 Å². The Morgan fingerprint density at radius 2 is 1.67 bits per heavy atom. The summed E-state index contributed by atoms with van der Waals surface area (Å²) in [5.74, 6) is 0. The van der Waals surface area contributed by atoms with Crippen LogP contribution in [0.15, 0.2) is 18.2 Å². The van der Waals surface area contributed by atoms with E-state index >= 15 is 0 Å². The van der Waals surface area contributed by atoms with Crippen LogP contribution < -0.4 is 5.32 Å². The summed E-state index contributed by atoms with van der Waals surface area (Å²) >= 11 is 0. The molecule has 0 saturated heterocycles. The summed E-state index contributed by atoms with van der Waals surface area (Å²) in [4.78, 5) is 0. The van der Waals surface area contributed by atoms with E-state index in [1.54, 1.807) is 19.1 Å². The van der Waals surface area contributed by atoms with E-state index in [9.17, 15) is 13.2 Å². The molecule has 0 aliphatic rings. The molecule has 1 N–H and O–H groups in total. The first-order chi connectivity index (χ1) is 8.07. The lowest BCUT2D eigenvalue weighted by Crippen LogP contribution is -2.32. The fourth-order valence-electron chi connectivity index (χ4n) is 1.96. The summed E-state index contributed by atoms with van der Waals surface area (Å²) in [5.41, 5.74) is 1.94. The monoisotopic (exact) mass is 259 g/mol. The summed E-state index contributed by atoms with van der Waals surface area (Å²) in [5, 5.41) is 2.33. The Labute approximate surface area is 106 Å². The number of hydrogen-bond donors (Lipinski definition) is 1. The van der Waals surface area contributed by atoms with Crippen LogP contribution in [0.3, 0.4) is 0 Å². The highest BCUT2D eigenvalue weighted by molar-refractivity contribution is 5.36. The quantitative estimate of drug-likeness (QED) is 0.842. The molecule has 0 fully saturated rings. The predicted molar refractivity (Wildman–Crippen MR) is 67.7 cm³/mol. The van der Waals surface area contributed by atoms with Crippen molar-refractivity contribution in [3.8, 4) is 0 Å². The highest BCUT2D eigenvalue weighted by Gasteiger charge is 2.40. The summed E-state index contributed by atoms with van der Waals surface area (Å²) < 4.78 is 38.6. The second kappa shape index (κ2) is 4.92. The molecule has 102 valence electrons. The highest BCUT2D eigenvalue weighted by Crippen LogP contribution is 2.35. The van der Waals surface area contributed by atoms with Crippen molar-refractivity contribution in [1.29, 1.82) is 0 Å². The first-order valence-corrected chi connectivity index (χ1v) is 5.92. The van der Waals surface area contributed by atoms with Gasteiger partial charge < -0.3 is 5.32 Å². The lowest BCUT2D eigenvalue weighted by Gasteiger charge is -2.25. The van der Waals surface area contributed by atoms with Crippen LogP contribution >= 0.6 is 0 Å². The SMILES string of the molecule is CNC(c1ccc(C(C)(C)C)cc1C)C(F)(F)F. The van der Waals surface area contributed by atoms with Crippen LogP contribution in [0, 0.1) is 6.92 Å². The van der Waals surface area contributed by atoms with Gasteiger partial charge in [-0.1, -0.05) is 39.0 Å². The molecule has 0 amide bonds. The fourth-order valence-corrected chi connectivity index (χ4v) is 1.96. The molecule has 1 atom stereocenters. The van der Waals surface area contributed by atoms with E-state index < -0.39 is 12.2 Å². The normalized spacial score (nSPS) is 14.7. The molecule has 4 heteroatoms. The number of alkyl halides is 3. The van der Waals surface area contributed by atoms with Gasteiger partial charge >= 0.3 is 6.18 Å². The lowest BCUT2D eigenvalue weighted by molar-refractivity contribution is -0.156. The largest absolute Gasteiger partial charge is 0.407 e. The minimum Gasteiger partial charge on any atom is -0.306 e. The zero-order chi connectivity index (χ0) is 14.1. The van der Waals surface area contributed by atoms with Gasteiger partial charge in [-0.05, 0) is 36.1 Å². The number of halogens is 3. The molecular weight excluding hydrogens is 239 g/mol. The maximum absolute atomic E-state index is 12.9. The van der Waals surface area contributed by atoms with E-state index in [2.05, 4.69) is 5.32 Å². The van der Waals surface area contributed by atoms with Crippen LogP contribution in [-0.4, -0.2) is 13.2 Å². The first-order valence-electron chi connectivity index (χ1n) is 5.92. The second-order valence-electron chi connectivity index (χ2n) is 5.58. The molecule has 18 heavy (non-hydrogen) atoms. The minimum absolute atomic E-state index is 0.0589. The topological polar surface area (TPSA) is 12.0 Å². The van der Waals surface area contributed by atoms with Gasteiger partial charge in [-0.2, -0.15) is 13.2 Å². The molecule has 0 radical (unpaired) electrons. The third-order valence-electron chi connectivity index (χ3n) is 3.06. The van der Waals surface area contributed by atoms with Crippen molar-refractivity contribution < 1.29 is 13.2 Å². The van der Waals surface area contributed by atoms with Gasteiger partial charge in [0.05, 0.1) is 0 Å². The van der Waals surface area contributed by atoms with Gasteiger partial charge in [0.25, 0.3) is 0 Å². The fraction of sp³-hybridized carbons (Fsp3) is 0.571. The Balaban J connectivity index is 3.21. The molecule has 1 unspecified atom stereocenters. The van der Waals surface area contributed by atoms with Gasteiger partial charge in [0.1, 0.15) is 6.04 Å². The molecule has 0 heterocycles. The molecule has 0 aliphatic carbocycles. The number of nitrogens with one attached hydrogen (secondary N) is 1. The zero-order valence-corrected chi connectivity index (χ0v) is 11.4. The molecular formula is C14H20F3N. The van der Waals surface area contributed by atoms with Crippen LogP contribution in [0.25, 0.3) is 0 Å². The molecule has 1 nitrogen and oxygen atoms in total. The summed E-state index contributed by atoms with van der Waals surface area (Å²) in [6.07, 6.45) is -4.28. The van der Waals surface area contributed by atoms with E-state index in [0.717, 1.165) is 5.56 Å². The van der Waals surface area contributed by atoms with Crippen molar-refractivity contribution in [3.05, 3.63) is 34.9 Å². The van der Waals surface area contributed by atoms with Gasteiger partial charge in [-0.15, -0.1) is 0 Å². The molecule has 0 saturated carbocycles. The minimum atomic E-state index is -4.28. The van der Waals surface area contributed by atoms with Crippen LogP contribution in [0.1, 0.15) is 43.5 Å². The van der Waals surface area contributed by atoms with Crippen molar-refractivity contribution in [2.24, 2.45) is 0 Å².